The van der Waals surface area contributed by atoms with Crippen LogP contribution in [-0.4, -0.2) is 32.5 Å². The highest BCUT2D eigenvalue weighted by Crippen LogP contribution is 2.46. The van der Waals surface area contributed by atoms with Crippen molar-refractivity contribution < 1.29 is 19.1 Å². The number of carbonyl (C=O) groups excluding carboxylic acids is 2. The largest absolute Gasteiger partial charge is 0.497 e. The van der Waals surface area contributed by atoms with E-state index in [1.54, 1.807) is 37.5 Å². The Bertz CT molecular complexity index is 912. The number of allylic oxidation sites excluding steroid dienone is 1. The molecule has 1 heterocycles. The topological polar surface area (TPSA) is 55.8 Å². The summed E-state index contributed by atoms with van der Waals surface area (Å²) in [5, 5.41) is 0. The van der Waals surface area contributed by atoms with Gasteiger partial charge in [0.15, 0.2) is 12.4 Å². The van der Waals surface area contributed by atoms with E-state index in [-0.39, 0.29) is 24.2 Å². The monoisotopic (exact) mass is 379 g/mol. The Morgan fingerprint density at radius 3 is 2.39 bits per heavy atom. The second-order valence-corrected chi connectivity index (χ2v) is 7.38. The molecule has 0 radical (unpaired) electrons. The number of ketones is 1. The molecule has 1 aliphatic rings. The van der Waals surface area contributed by atoms with Crippen LogP contribution in [0.15, 0.2) is 60.3 Å². The van der Waals surface area contributed by atoms with Crippen LogP contribution in [0.2, 0.25) is 0 Å². The van der Waals surface area contributed by atoms with E-state index in [1.165, 1.54) is 5.56 Å². The van der Waals surface area contributed by atoms with Gasteiger partial charge in [-0.3, -0.25) is 9.59 Å². The lowest BCUT2D eigenvalue weighted by molar-refractivity contribution is -0.146. The fourth-order valence-corrected chi connectivity index (χ4v) is 3.57. The highest BCUT2D eigenvalue weighted by Gasteiger charge is 2.38. The molecule has 146 valence electrons. The third-order valence-corrected chi connectivity index (χ3v) is 5.12. The number of nitrogens with zero attached hydrogens (tertiary/aromatic N) is 1. The van der Waals surface area contributed by atoms with Crippen LogP contribution >= 0.6 is 0 Å². The minimum Gasteiger partial charge on any atom is -0.497 e. The zero-order valence-corrected chi connectivity index (χ0v) is 16.7. The summed E-state index contributed by atoms with van der Waals surface area (Å²) in [6, 6.07) is 15.3. The van der Waals surface area contributed by atoms with E-state index in [0.717, 1.165) is 22.7 Å². The number of methoxy groups -OCH3 is 1. The van der Waals surface area contributed by atoms with Crippen LogP contribution in [0.4, 0.5) is 5.69 Å². The molecule has 5 nitrogen and oxygen atoms in total. The SMILES string of the molecule is COc1ccc(CC(=O)OCC(=O)/C=C2\N(C)c3ccccc3C2(C)C)cc1. The van der Waals surface area contributed by atoms with Crippen molar-refractivity contribution in [2.45, 2.75) is 25.7 Å². The number of benzene rings is 2. The first-order chi connectivity index (χ1) is 13.3. The number of likely N-dealkylation sites (N-methyl/N-ethyl adjacent to an activating group) is 1. The van der Waals surface area contributed by atoms with Gasteiger partial charge in [-0.15, -0.1) is 0 Å². The minimum absolute atomic E-state index is 0.116. The van der Waals surface area contributed by atoms with E-state index in [4.69, 9.17) is 9.47 Å². The molecule has 0 saturated heterocycles. The van der Waals surface area contributed by atoms with Gasteiger partial charge in [-0.25, -0.2) is 0 Å². The first-order valence-electron chi connectivity index (χ1n) is 9.19. The van der Waals surface area contributed by atoms with Gasteiger partial charge in [0.25, 0.3) is 0 Å². The summed E-state index contributed by atoms with van der Waals surface area (Å²) in [4.78, 5) is 26.5. The van der Waals surface area contributed by atoms with E-state index in [1.807, 2.05) is 30.1 Å². The summed E-state index contributed by atoms with van der Waals surface area (Å²) in [5.41, 5.74) is 3.68. The maximum Gasteiger partial charge on any atom is 0.310 e. The van der Waals surface area contributed by atoms with Crippen LogP contribution in [0.3, 0.4) is 0 Å². The molecule has 28 heavy (non-hydrogen) atoms. The minimum atomic E-state index is -0.431. The molecular weight excluding hydrogens is 354 g/mol. The first kappa shape index (κ1) is 19.7. The lowest BCUT2D eigenvalue weighted by Gasteiger charge is -2.23. The number of carbonyl (C=O) groups is 2. The van der Waals surface area contributed by atoms with Gasteiger partial charge in [-0.05, 0) is 29.3 Å². The average molecular weight is 379 g/mol. The van der Waals surface area contributed by atoms with Gasteiger partial charge in [0.2, 0.25) is 0 Å². The molecule has 0 aliphatic carbocycles. The number of para-hydroxylation sites is 1. The number of fused-ring (bicyclic) bond motifs is 1. The zero-order chi connectivity index (χ0) is 20.3. The lowest BCUT2D eigenvalue weighted by atomic mass is 9.83. The van der Waals surface area contributed by atoms with Crippen LogP contribution in [0, 0.1) is 0 Å². The van der Waals surface area contributed by atoms with Crippen molar-refractivity contribution in [2.75, 3.05) is 25.7 Å². The Morgan fingerprint density at radius 2 is 1.75 bits per heavy atom. The predicted molar refractivity (Wildman–Crippen MR) is 109 cm³/mol. The zero-order valence-electron chi connectivity index (χ0n) is 16.7. The second kappa shape index (κ2) is 7.89. The molecule has 0 bridgehead atoms. The third kappa shape index (κ3) is 3.93. The third-order valence-electron chi connectivity index (χ3n) is 5.12. The Morgan fingerprint density at radius 1 is 1.07 bits per heavy atom. The Kier molecular flexibility index (Phi) is 5.54. The van der Waals surface area contributed by atoms with Gasteiger partial charge in [0, 0.05) is 29.9 Å². The number of hydrogen-bond donors (Lipinski definition) is 0. The smallest absolute Gasteiger partial charge is 0.310 e. The molecule has 3 rings (SSSR count). The summed E-state index contributed by atoms with van der Waals surface area (Å²) >= 11 is 0. The van der Waals surface area contributed by atoms with Crippen molar-refractivity contribution in [3.8, 4) is 5.75 Å². The summed E-state index contributed by atoms with van der Waals surface area (Å²) < 4.78 is 10.3. The van der Waals surface area contributed by atoms with E-state index in [2.05, 4.69) is 19.9 Å². The van der Waals surface area contributed by atoms with Crippen LogP contribution in [0.1, 0.15) is 25.0 Å². The summed E-state index contributed by atoms with van der Waals surface area (Å²) in [6.07, 6.45) is 1.70. The molecule has 0 spiro atoms. The molecule has 0 unspecified atom stereocenters. The maximum absolute atomic E-state index is 12.4. The molecule has 0 N–H and O–H groups in total. The molecule has 2 aromatic carbocycles. The molecule has 0 atom stereocenters. The molecule has 1 aliphatic heterocycles. The highest BCUT2D eigenvalue weighted by atomic mass is 16.5. The number of anilines is 1. The molecular formula is C23H25NO4. The average Bonchev–Trinajstić information content (AvgIpc) is 2.88. The Labute approximate surface area is 165 Å². The van der Waals surface area contributed by atoms with Crippen molar-refractivity contribution in [1.82, 2.24) is 0 Å². The molecule has 5 heteroatoms. The van der Waals surface area contributed by atoms with Gasteiger partial charge >= 0.3 is 5.97 Å². The van der Waals surface area contributed by atoms with E-state index in [0.29, 0.717) is 0 Å². The van der Waals surface area contributed by atoms with Crippen molar-refractivity contribution in [3.63, 3.8) is 0 Å². The first-order valence-corrected chi connectivity index (χ1v) is 9.19. The fraction of sp³-hybridized carbons (Fsp3) is 0.304. The standard InChI is InChI=1S/C23H25NO4/c1-23(2)19-7-5-6-8-20(19)24(3)21(23)14-17(25)15-28-22(26)13-16-9-11-18(27-4)12-10-16/h5-12,14H,13,15H2,1-4H3/b21-14-. The number of esters is 1. The van der Waals surface area contributed by atoms with Crippen molar-refractivity contribution in [1.29, 1.82) is 0 Å². The number of hydrogen-bond acceptors (Lipinski definition) is 5. The maximum atomic E-state index is 12.4. The highest BCUT2D eigenvalue weighted by molar-refractivity contribution is 5.94. The van der Waals surface area contributed by atoms with Gasteiger partial charge in [0.05, 0.1) is 13.5 Å². The van der Waals surface area contributed by atoms with Crippen LogP contribution in [0.25, 0.3) is 0 Å². The quantitative estimate of drug-likeness (QED) is 0.566. The Balaban J connectivity index is 1.61. The summed E-state index contributed by atoms with van der Waals surface area (Å²) in [7, 11) is 3.54. The van der Waals surface area contributed by atoms with E-state index < -0.39 is 5.97 Å². The van der Waals surface area contributed by atoms with Gasteiger partial charge < -0.3 is 14.4 Å². The molecule has 0 fully saturated rings. The Hall–Kier alpha value is -3.08. The van der Waals surface area contributed by atoms with Crippen molar-refractivity contribution in [2.24, 2.45) is 0 Å². The van der Waals surface area contributed by atoms with Crippen molar-refractivity contribution in [3.05, 3.63) is 71.4 Å². The lowest BCUT2D eigenvalue weighted by Crippen LogP contribution is -2.25. The van der Waals surface area contributed by atoms with Crippen molar-refractivity contribution >= 4 is 17.4 Å². The number of rotatable bonds is 6. The summed E-state index contributed by atoms with van der Waals surface area (Å²) in [6.45, 7) is 3.91. The van der Waals surface area contributed by atoms with Gasteiger partial charge in [0.1, 0.15) is 5.75 Å². The normalized spacial score (nSPS) is 16.0. The van der Waals surface area contributed by atoms with E-state index >= 15 is 0 Å². The molecule has 0 aromatic heterocycles. The second-order valence-electron chi connectivity index (χ2n) is 7.38. The number of ether oxygens (including phenoxy) is 2. The van der Waals surface area contributed by atoms with E-state index in [9.17, 15) is 9.59 Å². The van der Waals surface area contributed by atoms with Gasteiger partial charge in [-0.2, -0.15) is 0 Å². The molecule has 2 aromatic rings. The fourth-order valence-electron chi connectivity index (χ4n) is 3.57. The van der Waals surface area contributed by atoms with Crippen LogP contribution < -0.4 is 9.64 Å². The summed E-state index contributed by atoms with van der Waals surface area (Å²) in [5.74, 6) is 0.0632. The predicted octanol–water partition coefficient (Wildman–Crippen LogP) is 3.66. The van der Waals surface area contributed by atoms with Crippen LogP contribution in [-0.2, 0) is 26.2 Å². The van der Waals surface area contributed by atoms with Crippen LogP contribution in [0.5, 0.6) is 5.75 Å². The molecule has 0 amide bonds. The molecule has 0 saturated carbocycles. The van der Waals surface area contributed by atoms with Gasteiger partial charge in [-0.1, -0.05) is 44.2 Å².